The van der Waals surface area contributed by atoms with Gasteiger partial charge in [-0.3, -0.25) is 9.59 Å². The van der Waals surface area contributed by atoms with Crippen LogP contribution >= 0.6 is 0 Å². The zero-order valence-corrected chi connectivity index (χ0v) is 17.1. The molecular weight excluding hydrogens is 366 g/mol. The largest absolute Gasteiger partial charge is 0.365 e. The maximum atomic E-state index is 12.0. The summed E-state index contributed by atoms with van der Waals surface area (Å²) in [5.74, 6) is 2.33. The van der Waals surface area contributed by atoms with Gasteiger partial charge in [-0.05, 0) is 69.1 Å². The van der Waals surface area contributed by atoms with Gasteiger partial charge in [-0.2, -0.15) is 5.10 Å². The zero-order valence-electron chi connectivity index (χ0n) is 17.1. The van der Waals surface area contributed by atoms with Crippen molar-refractivity contribution in [2.24, 2.45) is 11.8 Å². The molecule has 1 unspecified atom stereocenters. The average Bonchev–Trinajstić information content (AvgIpc) is 2.71. The molecule has 3 aliphatic rings. The topological polar surface area (TPSA) is 88.9 Å². The summed E-state index contributed by atoms with van der Waals surface area (Å²) in [5, 5.41) is 10.7. The number of hydrogen-bond acceptors (Lipinski definition) is 5. The molecule has 7 heteroatoms. The summed E-state index contributed by atoms with van der Waals surface area (Å²) in [5.41, 5.74) is 1.32. The predicted octanol–water partition coefficient (Wildman–Crippen LogP) is 2.82. The first-order valence-electron chi connectivity index (χ1n) is 10.6. The van der Waals surface area contributed by atoms with Crippen LogP contribution in [-0.4, -0.2) is 32.8 Å². The molecule has 0 aliphatic heterocycles. The summed E-state index contributed by atoms with van der Waals surface area (Å²) in [6.45, 7) is 4.64. The number of nitrogens with zero attached hydrogens (tertiary/aromatic N) is 3. The van der Waals surface area contributed by atoms with E-state index in [0.717, 1.165) is 23.2 Å². The summed E-state index contributed by atoms with van der Waals surface area (Å²) in [6, 6.07) is 7.06. The van der Waals surface area contributed by atoms with Crippen LogP contribution in [0.2, 0.25) is 0 Å². The second-order valence-corrected chi connectivity index (χ2v) is 8.52. The Bertz CT molecular complexity index is 929. The molecule has 2 aromatic heterocycles. The average molecular weight is 396 g/mol. The third-order valence-electron chi connectivity index (χ3n) is 6.49. The van der Waals surface area contributed by atoms with E-state index in [2.05, 4.69) is 27.6 Å². The fourth-order valence-electron chi connectivity index (χ4n) is 4.92. The minimum Gasteiger partial charge on any atom is -0.365 e. The van der Waals surface area contributed by atoms with Crippen LogP contribution in [0.15, 0.2) is 35.3 Å². The SMILES string of the molecule is CCNC(=O)Cn1nc(-c2ccc(NC34CCC(CC3)C(C)C4)nc2)ccc1=O. The minimum atomic E-state index is -0.299. The molecule has 2 N–H and O–H groups in total. The van der Waals surface area contributed by atoms with Gasteiger partial charge in [-0.25, -0.2) is 9.67 Å². The van der Waals surface area contributed by atoms with E-state index in [4.69, 9.17) is 0 Å². The number of hydrogen-bond donors (Lipinski definition) is 2. The monoisotopic (exact) mass is 395 g/mol. The molecule has 7 nitrogen and oxygen atoms in total. The van der Waals surface area contributed by atoms with Crippen LogP contribution in [0.25, 0.3) is 11.3 Å². The molecule has 2 heterocycles. The van der Waals surface area contributed by atoms with Crippen molar-refractivity contribution in [3.05, 3.63) is 40.8 Å². The van der Waals surface area contributed by atoms with Crippen molar-refractivity contribution in [3.63, 3.8) is 0 Å². The molecular formula is C22H29N5O2. The molecule has 2 bridgehead atoms. The molecule has 0 aromatic carbocycles. The van der Waals surface area contributed by atoms with Crippen LogP contribution in [0, 0.1) is 11.8 Å². The number of carbonyl (C=O) groups is 1. The van der Waals surface area contributed by atoms with Crippen LogP contribution in [-0.2, 0) is 11.3 Å². The van der Waals surface area contributed by atoms with Crippen molar-refractivity contribution in [2.75, 3.05) is 11.9 Å². The molecule has 1 amide bonds. The summed E-state index contributed by atoms with van der Waals surface area (Å²) < 4.78 is 1.19. The maximum Gasteiger partial charge on any atom is 0.267 e. The first-order chi connectivity index (χ1) is 14.0. The molecule has 2 aromatic rings. The zero-order chi connectivity index (χ0) is 20.4. The second kappa shape index (κ2) is 7.97. The molecule has 0 spiro atoms. The van der Waals surface area contributed by atoms with Gasteiger partial charge in [-0.1, -0.05) is 6.92 Å². The third kappa shape index (κ3) is 4.18. The van der Waals surface area contributed by atoms with Gasteiger partial charge >= 0.3 is 0 Å². The summed E-state index contributed by atoms with van der Waals surface area (Å²) >= 11 is 0. The summed E-state index contributed by atoms with van der Waals surface area (Å²) in [4.78, 5) is 28.4. The van der Waals surface area contributed by atoms with Gasteiger partial charge in [0, 0.05) is 29.9 Å². The van der Waals surface area contributed by atoms with Crippen LogP contribution < -0.4 is 16.2 Å². The number of nitrogens with one attached hydrogen (secondary N) is 2. The van der Waals surface area contributed by atoms with E-state index in [1.54, 1.807) is 12.3 Å². The highest BCUT2D eigenvalue weighted by Gasteiger charge is 2.44. The maximum absolute atomic E-state index is 12.0. The van der Waals surface area contributed by atoms with Crippen molar-refractivity contribution >= 4 is 11.7 Å². The Balaban J connectivity index is 1.49. The van der Waals surface area contributed by atoms with Crippen LogP contribution in [0.3, 0.4) is 0 Å². The van der Waals surface area contributed by atoms with E-state index < -0.39 is 0 Å². The lowest BCUT2D eigenvalue weighted by molar-refractivity contribution is -0.121. The lowest BCUT2D eigenvalue weighted by Gasteiger charge is -2.50. The highest BCUT2D eigenvalue weighted by Crippen LogP contribution is 2.48. The first kappa shape index (κ1) is 19.6. The van der Waals surface area contributed by atoms with Gasteiger partial charge in [0.2, 0.25) is 5.91 Å². The van der Waals surface area contributed by atoms with Crippen LogP contribution in [0.1, 0.15) is 46.0 Å². The van der Waals surface area contributed by atoms with Gasteiger partial charge in [0.05, 0.1) is 5.69 Å². The Hall–Kier alpha value is -2.70. The molecule has 5 rings (SSSR count). The standard InChI is InChI=1S/C22H29N5O2/c1-3-23-20(28)14-27-21(29)7-5-18(26-27)17-4-6-19(24-13-17)25-22-10-8-16(9-11-22)15(2)12-22/h4-7,13,15-16H,3,8-12,14H2,1-2H3,(H,23,28)(H,24,25). The van der Waals surface area contributed by atoms with Crippen LogP contribution in [0.4, 0.5) is 5.82 Å². The first-order valence-corrected chi connectivity index (χ1v) is 10.6. The highest BCUT2D eigenvalue weighted by atomic mass is 16.2. The van der Waals surface area contributed by atoms with E-state index in [9.17, 15) is 9.59 Å². The van der Waals surface area contributed by atoms with Crippen molar-refractivity contribution in [1.29, 1.82) is 0 Å². The molecule has 29 heavy (non-hydrogen) atoms. The van der Waals surface area contributed by atoms with Crippen LogP contribution in [0.5, 0.6) is 0 Å². The lowest BCUT2D eigenvalue weighted by atomic mass is 9.61. The second-order valence-electron chi connectivity index (χ2n) is 8.52. The van der Waals surface area contributed by atoms with E-state index in [1.165, 1.54) is 42.9 Å². The van der Waals surface area contributed by atoms with E-state index >= 15 is 0 Å². The van der Waals surface area contributed by atoms with Crippen molar-refractivity contribution in [2.45, 2.75) is 58.0 Å². The Morgan fingerprint density at radius 3 is 2.69 bits per heavy atom. The van der Waals surface area contributed by atoms with Gasteiger partial charge in [0.1, 0.15) is 12.4 Å². The molecule has 0 saturated heterocycles. The third-order valence-corrected chi connectivity index (χ3v) is 6.49. The molecule has 3 fully saturated rings. The summed E-state index contributed by atoms with van der Waals surface area (Å²) in [7, 11) is 0. The number of carbonyl (C=O) groups excluding carboxylic acids is 1. The van der Waals surface area contributed by atoms with Gasteiger partial charge in [0.15, 0.2) is 0 Å². The number of pyridine rings is 1. The van der Waals surface area contributed by atoms with E-state index in [-0.39, 0.29) is 23.6 Å². The Kier molecular flexibility index (Phi) is 5.39. The lowest BCUT2D eigenvalue weighted by Crippen LogP contribution is -2.49. The van der Waals surface area contributed by atoms with Crippen molar-refractivity contribution in [1.82, 2.24) is 20.1 Å². The number of amides is 1. The Morgan fingerprint density at radius 1 is 1.24 bits per heavy atom. The summed E-state index contributed by atoms with van der Waals surface area (Å²) in [6.07, 6.45) is 8.05. The Morgan fingerprint density at radius 2 is 2.03 bits per heavy atom. The number of anilines is 1. The number of rotatable bonds is 6. The fraction of sp³-hybridized carbons (Fsp3) is 0.545. The molecule has 1 atom stereocenters. The quantitative estimate of drug-likeness (QED) is 0.785. The number of fused-ring (bicyclic) bond motifs is 3. The number of likely N-dealkylation sites (N-methyl/N-ethyl adjacent to an activating group) is 1. The highest BCUT2D eigenvalue weighted by molar-refractivity contribution is 5.75. The van der Waals surface area contributed by atoms with Crippen molar-refractivity contribution in [3.8, 4) is 11.3 Å². The number of aromatic nitrogens is 3. The molecule has 154 valence electrons. The van der Waals surface area contributed by atoms with Gasteiger partial charge in [0.25, 0.3) is 5.56 Å². The Labute approximate surface area is 170 Å². The minimum absolute atomic E-state index is 0.0880. The van der Waals surface area contributed by atoms with Crippen molar-refractivity contribution < 1.29 is 4.79 Å². The van der Waals surface area contributed by atoms with Gasteiger partial charge in [-0.15, -0.1) is 0 Å². The molecule has 3 aliphatic carbocycles. The smallest absolute Gasteiger partial charge is 0.267 e. The van der Waals surface area contributed by atoms with E-state index in [0.29, 0.717) is 12.2 Å². The van der Waals surface area contributed by atoms with E-state index in [1.807, 2.05) is 19.1 Å². The van der Waals surface area contributed by atoms with Gasteiger partial charge < -0.3 is 10.6 Å². The molecule has 0 radical (unpaired) electrons. The predicted molar refractivity (Wildman–Crippen MR) is 113 cm³/mol. The fourth-order valence-corrected chi connectivity index (χ4v) is 4.92. The molecule has 3 saturated carbocycles. The normalized spacial score (nSPS) is 25.6.